The minimum absolute atomic E-state index is 0.0747. The summed E-state index contributed by atoms with van der Waals surface area (Å²) in [6, 6.07) is 10.9. The SMILES string of the molecule is CCNC(=O)c1cc(-c2ccccc2)n[nH]c1=O. The maximum atomic E-state index is 11.7. The zero-order chi connectivity index (χ0) is 13.0. The van der Waals surface area contributed by atoms with Crippen LogP contribution in [0.3, 0.4) is 0 Å². The zero-order valence-corrected chi connectivity index (χ0v) is 9.93. The number of aromatic nitrogens is 2. The van der Waals surface area contributed by atoms with E-state index in [1.807, 2.05) is 30.3 Å². The summed E-state index contributed by atoms with van der Waals surface area (Å²) in [4.78, 5) is 23.2. The van der Waals surface area contributed by atoms with Crippen molar-refractivity contribution >= 4 is 5.91 Å². The summed E-state index contributed by atoms with van der Waals surface area (Å²) in [6.07, 6.45) is 0. The molecule has 1 aromatic heterocycles. The van der Waals surface area contributed by atoms with E-state index in [1.165, 1.54) is 6.07 Å². The predicted molar refractivity (Wildman–Crippen MR) is 68.3 cm³/mol. The maximum Gasteiger partial charge on any atom is 0.277 e. The molecule has 1 amide bonds. The molecule has 2 aromatic rings. The second-order valence-corrected chi connectivity index (χ2v) is 3.72. The van der Waals surface area contributed by atoms with Gasteiger partial charge in [-0.25, -0.2) is 5.10 Å². The van der Waals surface area contributed by atoms with Crippen molar-refractivity contribution in [3.05, 3.63) is 52.3 Å². The van der Waals surface area contributed by atoms with E-state index >= 15 is 0 Å². The third-order valence-electron chi connectivity index (χ3n) is 2.46. The number of aromatic amines is 1. The minimum Gasteiger partial charge on any atom is -0.352 e. The molecule has 0 radical (unpaired) electrons. The van der Waals surface area contributed by atoms with Gasteiger partial charge in [0.1, 0.15) is 5.56 Å². The molecule has 0 atom stereocenters. The zero-order valence-electron chi connectivity index (χ0n) is 9.93. The van der Waals surface area contributed by atoms with Crippen molar-refractivity contribution < 1.29 is 4.79 Å². The Morgan fingerprint density at radius 3 is 2.72 bits per heavy atom. The molecule has 2 N–H and O–H groups in total. The fourth-order valence-electron chi connectivity index (χ4n) is 1.59. The van der Waals surface area contributed by atoms with Crippen molar-refractivity contribution in [2.75, 3.05) is 6.54 Å². The average Bonchev–Trinajstić information content (AvgIpc) is 2.40. The molecule has 0 aliphatic carbocycles. The molecule has 0 saturated carbocycles. The lowest BCUT2D eigenvalue weighted by molar-refractivity contribution is 0.0954. The highest BCUT2D eigenvalue weighted by Crippen LogP contribution is 2.14. The molecule has 1 heterocycles. The summed E-state index contributed by atoms with van der Waals surface area (Å²) < 4.78 is 0. The smallest absolute Gasteiger partial charge is 0.277 e. The van der Waals surface area contributed by atoms with Crippen molar-refractivity contribution in [3.8, 4) is 11.3 Å². The monoisotopic (exact) mass is 243 g/mol. The van der Waals surface area contributed by atoms with Crippen LogP contribution in [0.2, 0.25) is 0 Å². The minimum atomic E-state index is -0.486. The molecule has 0 saturated heterocycles. The van der Waals surface area contributed by atoms with Crippen LogP contribution in [-0.4, -0.2) is 22.6 Å². The van der Waals surface area contributed by atoms with Crippen molar-refractivity contribution in [1.82, 2.24) is 15.5 Å². The van der Waals surface area contributed by atoms with Gasteiger partial charge in [-0.2, -0.15) is 5.10 Å². The first kappa shape index (κ1) is 12.0. The summed E-state index contributed by atoms with van der Waals surface area (Å²) in [5, 5.41) is 8.87. The number of carbonyl (C=O) groups excluding carboxylic acids is 1. The second kappa shape index (κ2) is 5.27. The van der Waals surface area contributed by atoms with Crippen LogP contribution >= 0.6 is 0 Å². The Hall–Kier alpha value is -2.43. The highest BCUT2D eigenvalue weighted by atomic mass is 16.2. The Labute approximate surface area is 104 Å². The molecule has 5 heteroatoms. The van der Waals surface area contributed by atoms with Gasteiger partial charge in [-0.3, -0.25) is 9.59 Å². The average molecular weight is 243 g/mol. The van der Waals surface area contributed by atoms with Crippen LogP contribution in [0.5, 0.6) is 0 Å². The third kappa shape index (κ3) is 2.45. The molecule has 0 spiro atoms. The van der Waals surface area contributed by atoms with E-state index < -0.39 is 11.5 Å². The molecule has 0 unspecified atom stereocenters. The van der Waals surface area contributed by atoms with Gasteiger partial charge < -0.3 is 5.32 Å². The van der Waals surface area contributed by atoms with Gasteiger partial charge in [0.05, 0.1) is 5.69 Å². The quantitative estimate of drug-likeness (QED) is 0.850. The third-order valence-corrected chi connectivity index (χ3v) is 2.46. The molecule has 2 rings (SSSR count). The van der Waals surface area contributed by atoms with Gasteiger partial charge in [0, 0.05) is 12.1 Å². The van der Waals surface area contributed by atoms with Crippen molar-refractivity contribution in [3.63, 3.8) is 0 Å². The predicted octanol–water partition coefficient (Wildman–Crippen LogP) is 1.19. The summed E-state index contributed by atoms with van der Waals surface area (Å²) in [6.45, 7) is 2.27. The van der Waals surface area contributed by atoms with Crippen molar-refractivity contribution in [2.24, 2.45) is 0 Å². The molecule has 0 fully saturated rings. The first-order valence-corrected chi connectivity index (χ1v) is 5.65. The highest BCUT2D eigenvalue weighted by Gasteiger charge is 2.11. The normalized spacial score (nSPS) is 10.1. The molecular formula is C13H13N3O2. The van der Waals surface area contributed by atoms with E-state index in [2.05, 4.69) is 15.5 Å². The number of nitrogens with zero attached hydrogens (tertiary/aromatic N) is 1. The van der Waals surface area contributed by atoms with E-state index in [9.17, 15) is 9.59 Å². The Morgan fingerprint density at radius 1 is 1.33 bits per heavy atom. The maximum absolute atomic E-state index is 11.7. The van der Waals surface area contributed by atoms with E-state index in [0.29, 0.717) is 12.2 Å². The highest BCUT2D eigenvalue weighted by molar-refractivity contribution is 5.94. The van der Waals surface area contributed by atoms with Gasteiger partial charge in [-0.05, 0) is 13.0 Å². The standard InChI is InChI=1S/C13H13N3O2/c1-2-14-12(17)10-8-11(15-16-13(10)18)9-6-4-3-5-7-9/h3-8H,2H2,1H3,(H,14,17)(H,16,18). The molecule has 0 bridgehead atoms. The topological polar surface area (TPSA) is 74.8 Å². The van der Waals surface area contributed by atoms with Crippen LogP contribution in [0.1, 0.15) is 17.3 Å². The lowest BCUT2D eigenvalue weighted by atomic mass is 10.1. The molecule has 0 aliphatic heterocycles. The lowest BCUT2D eigenvalue weighted by Gasteiger charge is -2.03. The van der Waals surface area contributed by atoms with E-state index in [0.717, 1.165) is 5.56 Å². The fraction of sp³-hybridized carbons (Fsp3) is 0.154. The molecule has 1 aromatic carbocycles. The van der Waals surface area contributed by atoms with Crippen molar-refractivity contribution in [1.29, 1.82) is 0 Å². The first-order chi connectivity index (χ1) is 8.72. The van der Waals surface area contributed by atoms with Crippen LogP contribution in [-0.2, 0) is 0 Å². The van der Waals surface area contributed by atoms with E-state index in [1.54, 1.807) is 6.92 Å². The fourth-order valence-corrected chi connectivity index (χ4v) is 1.59. The number of H-pyrrole nitrogens is 1. The number of nitrogens with one attached hydrogen (secondary N) is 2. The van der Waals surface area contributed by atoms with Gasteiger partial charge in [-0.15, -0.1) is 0 Å². The number of hydrogen-bond donors (Lipinski definition) is 2. The number of benzene rings is 1. The van der Waals surface area contributed by atoms with Gasteiger partial charge in [0.2, 0.25) is 0 Å². The van der Waals surface area contributed by atoms with Crippen LogP contribution < -0.4 is 10.9 Å². The van der Waals surface area contributed by atoms with Crippen molar-refractivity contribution in [2.45, 2.75) is 6.92 Å². The summed E-state index contributed by atoms with van der Waals surface area (Å²) >= 11 is 0. The Kier molecular flexibility index (Phi) is 3.52. The molecule has 18 heavy (non-hydrogen) atoms. The molecule has 0 aliphatic rings. The largest absolute Gasteiger partial charge is 0.352 e. The summed E-state index contributed by atoms with van der Waals surface area (Å²) in [5.74, 6) is -0.390. The van der Waals surface area contributed by atoms with Crippen LogP contribution in [0.4, 0.5) is 0 Å². The molecule has 92 valence electrons. The Bertz CT molecular complexity index is 605. The lowest BCUT2D eigenvalue weighted by Crippen LogP contribution is -2.29. The Balaban J connectivity index is 2.44. The van der Waals surface area contributed by atoms with Crippen LogP contribution in [0.25, 0.3) is 11.3 Å². The number of carbonyl (C=O) groups is 1. The Morgan fingerprint density at radius 2 is 2.06 bits per heavy atom. The summed E-state index contributed by atoms with van der Waals surface area (Å²) in [5.41, 5.74) is 1.00. The number of amides is 1. The first-order valence-electron chi connectivity index (χ1n) is 5.65. The van der Waals surface area contributed by atoms with Gasteiger partial charge in [0.15, 0.2) is 0 Å². The van der Waals surface area contributed by atoms with E-state index in [-0.39, 0.29) is 5.56 Å². The second-order valence-electron chi connectivity index (χ2n) is 3.72. The van der Waals surface area contributed by atoms with E-state index in [4.69, 9.17) is 0 Å². The summed E-state index contributed by atoms with van der Waals surface area (Å²) in [7, 11) is 0. The molecule has 5 nitrogen and oxygen atoms in total. The van der Waals surface area contributed by atoms with Crippen LogP contribution in [0.15, 0.2) is 41.2 Å². The van der Waals surface area contributed by atoms with Gasteiger partial charge in [0.25, 0.3) is 11.5 Å². The molecular weight excluding hydrogens is 230 g/mol. The number of hydrogen-bond acceptors (Lipinski definition) is 3. The van der Waals surface area contributed by atoms with Gasteiger partial charge >= 0.3 is 0 Å². The van der Waals surface area contributed by atoms with Crippen LogP contribution in [0, 0.1) is 0 Å². The number of rotatable bonds is 3. The van der Waals surface area contributed by atoms with Gasteiger partial charge in [-0.1, -0.05) is 30.3 Å².